The predicted molar refractivity (Wildman–Crippen MR) is 86.5 cm³/mol. The molecule has 0 radical (unpaired) electrons. The van der Waals surface area contributed by atoms with Crippen LogP contribution in [0.2, 0.25) is 0 Å². The molecule has 0 fully saturated rings. The van der Waals surface area contributed by atoms with Gasteiger partial charge in [0.2, 0.25) is 0 Å². The molecule has 2 rings (SSSR count). The molecule has 0 aliphatic heterocycles. The van der Waals surface area contributed by atoms with Gasteiger partial charge in [-0.25, -0.2) is 9.18 Å². The molecule has 0 atom stereocenters. The van der Waals surface area contributed by atoms with Gasteiger partial charge in [-0.1, -0.05) is 18.2 Å². The highest BCUT2D eigenvalue weighted by Gasteiger charge is 2.31. The summed E-state index contributed by atoms with van der Waals surface area (Å²) in [6, 6.07) is 10.2. The quantitative estimate of drug-likeness (QED) is 0.587. The van der Waals surface area contributed by atoms with Crippen molar-refractivity contribution in [1.29, 1.82) is 0 Å². The summed E-state index contributed by atoms with van der Waals surface area (Å²) in [6.07, 6.45) is -4.56. The van der Waals surface area contributed by atoms with E-state index in [0.717, 1.165) is 24.3 Å². The van der Waals surface area contributed by atoms with Crippen LogP contribution >= 0.6 is 0 Å². The molecule has 5 nitrogen and oxygen atoms in total. The largest absolute Gasteiger partial charge is 0.573 e. The Hall–Kier alpha value is -3.10. The summed E-state index contributed by atoms with van der Waals surface area (Å²) >= 11 is 0. The van der Waals surface area contributed by atoms with Crippen LogP contribution in [0.3, 0.4) is 0 Å². The highest BCUT2D eigenvalue weighted by molar-refractivity contribution is 5.91. The van der Waals surface area contributed by atoms with E-state index in [9.17, 15) is 27.2 Å². The zero-order valence-corrected chi connectivity index (χ0v) is 13.9. The zero-order valence-electron chi connectivity index (χ0n) is 13.9. The average molecular weight is 385 g/mol. The molecule has 2 aromatic rings. The van der Waals surface area contributed by atoms with Crippen molar-refractivity contribution < 1.29 is 36.6 Å². The van der Waals surface area contributed by atoms with Crippen LogP contribution in [-0.4, -0.2) is 31.4 Å². The monoisotopic (exact) mass is 385 g/mol. The highest BCUT2D eigenvalue weighted by Crippen LogP contribution is 2.22. The number of amides is 1. The molecule has 0 spiro atoms. The fraction of sp³-hybridized carbons (Fsp3) is 0.222. The third-order valence-corrected chi connectivity index (χ3v) is 3.33. The molecule has 0 heterocycles. The Morgan fingerprint density at radius 1 is 1.00 bits per heavy atom. The van der Waals surface area contributed by atoms with E-state index in [0.29, 0.717) is 5.56 Å². The molecule has 0 unspecified atom stereocenters. The number of hydrogen-bond acceptors (Lipinski definition) is 4. The van der Waals surface area contributed by atoms with E-state index in [1.165, 1.54) is 6.07 Å². The lowest BCUT2D eigenvalue weighted by Crippen LogP contribution is -2.30. The fourth-order valence-corrected chi connectivity index (χ4v) is 2.10. The number of rotatable bonds is 7. The first-order chi connectivity index (χ1) is 12.7. The number of hydrogen-bond donors (Lipinski definition) is 1. The minimum Gasteiger partial charge on any atom is -0.452 e. The Bertz CT molecular complexity index is 791. The van der Waals surface area contributed by atoms with Gasteiger partial charge in [-0.2, -0.15) is 0 Å². The van der Waals surface area contributed by atoms with E-state index in [-0.39, 0.29) is 24.3 Å². The summed E-state index contributed by atoms with van der Waals surface area (Å²) in [5.74, 6) is -2.32. The summed E-state index contributed by atoms with van der Waals surface area (Å²) in [6.45, 7) is -0.419. The molecule has 27 heavy (non-hydrogen) atoms. The predicted octanol–water partition coefficient (Wildman–Crippen LogP) is 3.24. The smallest absolute Gasteiger partial charge is 0.452 e. The van der Waals surface area contributed by atoms with Crippen LogP contribution in [0.5, 0.6) is 5.75 Å². The van der Waals surface area contributed by atoms with Crippen molar-refractivity contribution in [1.82, 2.24) is 5.32 Å². The van der Waals surface area contributed by atoms with Crippen LogP contribution in [0, 0.1) is 5.82 Å². The Morgan fingerprint density at radius 2 is 1.67 bits per heavy atom. The van der Waals surface area contributed by atoms with Gasteiger partial charge in [-0.05, 0) is 42.3 Å². The summed E-state index contributed by atoms with van der Waals surface area (Å²) in [4.78, 5) is 23.4. The summed E-state index contributed by atoms with van der Waals surface area (Å²) < 4.78 is 58.1. The van der Waals surface area contributed by atoms with E-state index < -0.39 is 30.6 Å². The van der Waals surface area contributed by atoms with Gasteiger partial charge in [0, 0.05) is 6.54 Å². The van der Waals surface area contributed by atoms with Gasteiger partial charge >= 0.3 is 12.3 Å². The fourth-order valence-electron chi connectivity index (χ4n) is 2.10. The number of benzene rings is 2. The normalized spacial score (nSPS) is 11.0. The standard InChI is InChI=1S/C18H15F4NO4/c19-15-4-2-1-3-12(15)9-10-23-16(24)11-26-17(25)13-5-7-14(8-6-13)27-18(20,21)22/h1-8H,9-11H2,(H,23,24). The van der Waals surface area contributed by atoms with E-state index in [1.807, 2.05) is 0 Å². The zero-order chi connectivity index (χ0) is 19.9. The van der Waals surface area contributed by atoms with Gasteiger partial charge in [-0.15, -0.1) is 13.2 Å². The lowest BCUT2D eigenvalue weighted by Gasteiger charge is -2.09. The maximum absolute atomic E-state index is 13.4. The minimum absolute atomic E-state index is 0.0383. The van der Waals surface area contributed by atoms with E-state index >= 15 is 0 Å². The molecule has 0 aliphatic rings. The van der Waals surface area contributed by atoms with Gasteiger partial charge in [0.1, 0.15) is 11.6 Å². The number of esters is 1. The molecular weight excluding hydrogens is 370 g/mol. The highest BCUT2D eigenvalue weighted by atomic mass is 19.4. The lowest BCUT2D eigenvalue weighted by molar-refractivity contribution is -0.274. The first kappa shape index (κ1) is 20.2. The SMILES string of the molecule is O=C(COC(=O)c1ccc(OC(F)(F)F)cc1)NCCc1ccccc1F. The van der Waals surface area contributed by atoms with Gasteiger partial charge in [0.15, 0.2) is 6.61 Å². The van der Waals surface area contributed by atoms with Gasteiger partial charge < -0.3 is 14.8 Å². The minimum atomic E-state index is -4.83. The first-order valence-corrected chi connectivity index (χ1v) is 7.77. The first-order valence-electron chi connectivity index (χ1n) is 7.77. The Kier molecular flexibility index (Phi) is 6.75. The van der Waals surface area contributed by atoms with Gasteiger partial charge in [-0.3, -0.25) is 4.79 Å². The number of carbonyl (C=O) groups excluding carboxylic acids is 2. The second-order valence-electron chi connectivity index (χ2n) is 5.34. The van der Waals surface area contributed by atoms with Crippen molar-refractivity contribution in [2.45, 2.75) is 12.8 Å². The maximum atomic E-state index is 13.4. The number of carbonyl (C=O) groups is 2. The Morgan fingerprint density at radius 3 is 2.30 bits per heavy atom. The molecule has 1 N–H and O–H groups in total. The van der Waals surface area contributed by atoms with Crippen molar-refractivity contribution in [3.8, 4) is 5.75 Å². The van der Waals surface area contributed by atoms with E-state index in [4.69, 9.17) is 4.74 Å². The van der Waals surface area contributed by atoms with Crippen LogP contribution in [0.1, 0.15) is 15.9 Å². The Balaban J connectivity index is 1.74. The number of halogens is 4. The second kappa shape index (κ2) is 9.02. The van der Waals surface area contributed by atoms with E-state index in [1.54, 1.807) is 18.2 Å². The third-order valence-electron chi connectivity index (χ3n) is 3.33. The molecule has 0 bridgehead atoms. The molecule has 2 aromatic carbocycles. The molecule has 9 heteroatoms. The molecule has 0 saturated heterocycles. The molecule has 0 saturated carbocycles. The summed E-state index contributed by atoms with van der Waals surface area (Å²) in [5, 5.41) is 2.47. The number of alkyl halides is 3. The van der Waals surface area contributed by atoms with Gasteiger partial charge in [0.25, 0.3) is 5.91 Å². The van der Waals surface area contributed by atoms with Crippen molar-refractivity contribution >= 4 is 11.9 Å². The van der Waals surface area contributed by atoms with Crippen LogP contribution in [0.15, 0.2) is 48.5 Å². The van der Waals surface area contributed by atoms with Crippen molar-refractivity contribution in [3.63, 3.8) is 0 Å². The van der Waals surface area contributed by atoms with E-state index in [2.05, 4.69) is 10.1 Å². The average Bonchev–Trinajstić information content (AvgIpc) is 2.60. The number of nitrogens with one attached hydrogen (secondary N) is 1. The van der Waals surface area contributed by atoms with Crippen LogP contribution in [0.25, 0.3) is 0 Å². The summed E-state index contributed by atoms with van der Waals surface area (Å²) in [7, 11) is 0. The number of ether oxygens (including phenoxy) is 2. The third kappa shape index (κ3) is 6.96. The van der Waals surface area contributed by atoms with Crippen LogP contribution < -0.4 is 10.1 Å². The van der Waals surface area contributed by atoms with Crippen molar-refractivity contribution in [3.05, 3.63) is 65.5 Å². The molecule has 144 valence electrons. The second-order valence-corrected chi connectivity index (χ2v) is 5.34. The lowest BCUT2D eigenvalue weighted by atomic mass is 10.1. The molecule has 1 amide bonds. The maximum Gasteiger partial charge on any atom is 0.573 e. The van der Waals surface area contributed by atoms with Crippen LogP contribution in [-0.2, 0) is 16.0 Å². The molecular formula is C18H15F4NO4. The molecule has 0 aliphatic carbocycles. The van der Waals surface area contributed by atoms with Crippen molar-refractivity contribution in [2.24, 2.45) is 0 Å². The molecule has 0 aromatic heterocycles. The van der Waals surface area contributed by atoms with Gasteiger partial charge in [0.05, 0.1) is 5.56 Å². The Labute approximate surface area is 151 Å². The summed E-state index contributed by atoms with van der Waals surface area (Å²) in [5.41, 5.74) is 0.402. The van der Waals surface area contributed by atoms with Crippen molar-refractivity contribution in [2.75, 3.05) is 13.2 Å². The topological polar surface area (TPSA) is 64.6 Å². The van der Waals surface area contributed by atoms with Crippen LogP contribution in [0.4, 0.5) is 17.6 Å².